The van der Waals surface area contributed by atoms with Crippen LogP contribution in [0, 0.1) is 0 Å². The van der Waals surface area contributed by atoms with E-state index in [1.165, 1.54) is 14.2 Å². The van der Waals surface area contributed by atoms with Crippen LogP contribution in [0.1, 0.15) is 29.6 Å². The van der Waals surface area contributed by atoms with Crippen LogP contribution in [0.15, 0.2) is 18.2 Å². The summed E-state index contributed by atoms with van der Waals surface area (Å²) in [6.45, 7) is 1.26. The Bertz CT molecular complexity index is 912. The van der Waals surface area contributed by atoms with Crippen LogP contribution in [0.2, 0.25) is 0 Å². The third kappa shape index (κ3) is 3.71. The zero-order valence-corrected chi connectivity index (χ0v) is 17.6. The van der Waals surface area contributed by atoms with Gasteiger partial charge in [0.25, 0.3) is 11.1 Å². The van der Waals surface area contributed by atoms with Crippen molar-refractivity contribution in [1.82, 2.24) is 15.1 Å². The maximum Gasteiger partial charge on any atom is 0.288 e. The number of nitrogens with zero attached hydrogens (tertiary/aromatic N) is 2. The van der Waals surface area contributed by atoms with Crippen LogP contribution in [0.4, 0.5) is 4.79 Å². The first-order valence-electron chi connectivity index (χ1n) is 9.73. The Morgan fingerprint density at radius 2 is 2.03 bits per heavy atom. The minimum atomic E-state index is -0.652. The molecule has 3 aliphatic rings. The maximum atomic E-state index is 12.7. The number of hydrogen-bond donors (Lipinski definition) is 1. The maximum absolute atomic E-state index is 12.7. The van der Waals surface area contributed by atoms with Gasteiger partial charge < -0.3 is 19.7 Å². The number of nitrogens with one attached hydrogen (secondary N) is 1. The number of imide groups is 1. The van der Waals surface area contributed by atoms with E-state index >= 15 is 0 Å². The molecule has 0 aliphatic carbocycles. The Morgan fingerprint density at radius 3 is 2.67 bits per heavy atom. The Balaban J connectivity index is 1.41. The molecule has 1 aromatic carbocycles. The van der Waals surface area contributed by atoms with E-state index in [0.29, 0.717) is 49.5 Å². The molecule has 9 nitrogen and oxygen atoms in total. The second-order valence-electron chi connectivity index (χ2n) is 7.68. The number of benzene rings is 1. The van der Waals surface area contributed by atoms with E-state index in [1.54, 1.807) is 23.1 Å². The fourth-order valence-corrected chi connectivity index (χ4v) is 4.90. The van der Waals surface area contributed by atoms with Crippen LogP contribution >= 0.6 is 11.8 Å². The minimum absolute atomic E-state index is 0.00675. The lowest BCUT2D eigenvalue weighted by atomic mass is 9.90. The van der Waals surface area contributed by atoms with Crippen LogP contribution in [-0.4, -0.2) is 77.4 Å². The van der Waals surface area contributed by atoms with E-state index in [2.05, 4.69) is 5.32 Å². The second-order valence-corrected chi connectivity index (χ2v) is 8.84. The molecule has 0 saturated carbocycles. The molecule has 0 bridgehead atoms. The third-order valence-electron chi connectivity index (χ3n) is 5.84. The predicted octanol–water partition coefficient (Wildman–Crippen LogP) is 1.26. The highest BCUT2D eigenvalue weighted by Crippen LogP contribution is 2.35. The van der Waals surface area contributed by atoms with Gasteiger partial charge in [0, 0.05) is 39.4 Å². The molecule has 160 valence electrons. The fourth-order valence-electron chi connectivity index (χ4n) is 3.92. The minimum Gasteiger partial charge on any atom is -0.497 e. The first-order valence-corrected chi connectivity index (χ1v) is 10.6. The van der Waals surface area contributed by atoms with Crippen molar-refractivity contribution < 1.29 is 28.7 Å². The van der Waals surface area contributed by atoms with E-state index in [1.807, 2.05) is 0 Å². The van der Waals surface area contributed by atoms with Gasteiger partial charge in [-0.05, 0) is 18.2 Å². The highest BCUT2D eigenvalue weighted by atomic mass is 32.2. The molecule has 1 atom stereocenters. The van der Waals surface area contributed by atoms with E-state index in [-0.39, 0.29) is 29.4 Å². The van der Waals surface area contributed by atoms with E-state index in [4.69, 9.17) is 9.47 Å². The number of piperidine rings is 1. The number of carbonyl (C=O) groups is 4. The number of rotatable bonds is 3. The summed E-state index contributed by atoms with van der Waals surface area (Å²) in [5.41, 5.74) is -0.171. The van der Waals surface area contributed by atoms with Crippen molar-refractivity contribution in [2.45, 2.75) is 30.1 Å². The van der Waals surface area contributed by atoms with Gasteiger partial charge in [-0.15, -0.1) is 0 Å². The topological polar surface area (TPSA) is 105 Å². The summed E-state index contributed by atoms with van der Waals surface area (Å²) in [7, 11) is 2.97. The van der Waals surface area contributed by atoms with Crippen LogP contribution in [0.25, 0.3) is 0 Å². The molecule has 4 rings (SSSR count). The monoisotopic (exact) mass is 433 g/mol. The van der Waals surface area contributed by atoms with Gasteiger partial charge in [0.15, 0.2) is 0 Å². The number of carbonyl (C=O) groups excluding carboxylic acids is 4. The lowest BCUT2D eigenvalue weighted by Gasteiger charge is -2.41. The van der Waals surface area contributed by atoms with Gasteiger partial charge in [0.05, 0.1) is 19.2 Å². The molecule has 1 N–H and O–H groups in total. The van der Waals surface area contributed by atoms with E-state index in [0.717, 1.165) is 16.7 Å². The highest BCUT2D eigenvalue weighted by molar-refractivity contribution is 8.15. The summed E-state index contributed by atoms with van der Waals surface area (Å²) < 4.78 is 11.5. The SMILES string of the molecule is COc1ccc2c(c1)C(=O)NCC1(CCN(C(=O)CC3SC(=O)N(C)C3=O)CC1)O2. The summed E-state index contributed by atoms with van der Waals surface area (Å²) in [5.74, 6) is 0.382. The molecule has 2 fully saturated rings. The van der Waals surface area contributed by atoms with Gasteiger partial charge in [0.1, 0.15) is 22.4 Å². The lowest BCUT2D eigenvalue weighted by molar-refractivity contribution is -0.137. The molecule has 3 aliphatic heterocycles. The number of hydrogen-bond acceptors (Lipinski definition) is 7. The predicted molar refractivity (Wildman–Crippen MR) is 109 cm³/mol. The molecule has 1 spiro atoms. The van der Waals surface area contributed by atoms with Crippen molar-refractivity contribution in [2.75, 3.05) is 33.8 Å². The van der Waals surface area contributed by atoms with Gasteiger partial charge in [0.2, 0.25) is 11.8 Å². The molecule has 4 amide bonds. The first kappa shape index (κ1) is 20.5. The summed E-state index contributed by atoms with van der Waals surface area (Å²) in [5, 5.41) is 1.94. The highest BCUT2D eigenvalue weighted by Gasteiger charge is 2.43. The summed E-state index contributed by atoms with van der Waals surface area (Å²) >= 11 is 0.901. The molecular weight excluding hydrogens is 410 g/mol. The molecule has 0 radical (unpaired) electrons. The zero-order chi connectivity index (χ0) is 21.5. The Kier molecular flexibility index (Phi) is 5.35. The zero-order valence-electron chi connectivity index (χ0n) is 16.8. The van der Waals surface area contributed by atoms with Crippen molar-refractivity contribution in [2.24, 2.45) is 0 Å². The third-order valence-corrected chi connectivity index (χ3v) is 6.97. The standard InChI is InChI=1S/C20H23N3O6S/c1-22-18(26)15(30-19(22)27)10-16(24)23-7-5-20(6-8-23)11-21-17(25)13-9-12(28-2)3-4-14(13)29-20/h3-4,9,15H,5-8,10-11H2,1-2H3,(H,21,25). The fraction of sp³-hybridized carbons (Fsp3) is 0.500. The Morgan fingerprint density at radius 1 is 1.30 bits per heavy atom. The number of thioether (sulfide) groups is 1. The van der Waals surface area contributed by atoms with Gasteiger partial charge in [-0.25, -0.2) is 0 Å². The quantitative estimate of drug-likeness (QED) is 0.765. The van der Waals surface area contributed by atoms with Gasteiger partial charge >= 0.3 is 0 Å². The van der Waals surface area contributed by atoms with Crippen LogP contribution in [-0.2, 0) is 9.59 Å². The van der Waals surface area contributed by atoms with Crippen molar-refractivity contribution in [3.8, 4) is 11.5 Å². The molecule has 10 heteroatoms. The Labute approximate surface area is 178 Å². The van der Waals surface area contributed by atoms with Gasteiger partial charge in [-0.3, -0.25) is 24.1 Å². The van der Waals surface area contributed by atoms with E-state index < -0.39 is 10.9 Å². The molecule has 0 aromatic heterocycles. The number of fused-ring (bicyclic) bond motifs is 1. The van der Waals surface area contributed by atoms with Crippen LogP contribution in [0.5, 0.6) is 11.5 Å². The summed E-state index contributed by atoms with van der Waals surface area (Å²) in [4.78, 5) is 51.6. The molecular formula is C20H23N3O6S. The lowest BCUT2D eigenvalue weighted by Crippen LogP contribution is -2.54. The number of ether oxygens (including phenoxy) is 2. The molecule has 30 heavy (non-hydrogen) atoms. The average molecular weight is 433 g/mol. The molecule has 3 heterocycles. The van der Waals surface area contributed by atoms with Crippen molar-refractivity contribution >= 4 is 34.7 Å². The number of likely N-dealkylation sites (tertiary alicyclic amines) is 1. The van der Waals surface area contributed by atoms with Crippen molar-refractivity contribution in [1.29, 1.82) is 0 Å². The number of methoxy groups -OCH3 is 1. The largest absolute Gasteiger partial charge is 0.497 e. The Hall–Kier alpha value is -2.75. The van der Waals surface area contributed by atoms with Crippen molar-refractivity contribution in [3.05, 3.63) is 23.8 Å². The van der Waals surface area contributed by atoms with Crippen LogP contribution in [0.3, 0.4) is 0 Å². The van der Waals surface area contributed by atoms with Crippen molar-refractivity contribution in [3.63, 3.8) is 0 Å². The summed E-state index contributed by atoms with van der Waals surface area (Å²) in [6, 6.07) is 5.13. The average Bonchev–Trinajstić information content (AvgIpc) is 2.91. The number of amides is 4. The molecule has 1 unspecified atom stereocenters. The smallest absolute Gasteiger partial charge is 0.288 e. The normalized spacial score (nSPS) is 23.0. The molecule has 1 aromatic rings. The van der Waals surface area contributed by atoms with Gasteiger partial charge in [-0.2, -0.15) is 0 Å². The summed E-state index contributed by atoms with van der Waals surface area (Å²) in [6.07, 6.45) is 1.11. The molecule has 2 saturated heterocycles. The first-order chi connectivity index (χ1) is 14.3. The second kappa shape index (κ2) is 7.82. The van der Waals surface area contributed by atoms with Gasteiger partial charge in [-0.1, -0.05) is 11.8 Å². The van der Waals surface area contributed by atoms with E-state index in [9.17, 15) is 19.2 Å². The van der Waals surface area contributed by atoms with Crippen LogP contribution < -0.4 is 14.8 Å².